The highest BCUT2D eigenvalue weighted by atomic mass is 32.2. The van der Waals surface area contributed by atoms with E-state index in [2.05, 4.69) is 37.4 Å². The van der Waals surface area contributed by atoms with Crippen LogP contribution < -0.4 is 5.32 Å². The Morgan fingerprint density at radius 1 is 1.29 bits per heavy atom. The van der Waals surface area contributed by atoms with Gasteiger partial charge in [-0.05, 0) is 42.7 Å². The smallest absolute Gasteiger partial charge is 0.338 e. The zero-order chi connectivity index (χ0) is 22.7. The van der Waals surface area contributed by atoms with Crippen LogP contribution in [0.2, 0.25) is 0 Å². The number of hydrogen-bond donors (Lipinski definition) is 1. The Balaban J connectivity index is 2.07. The molecule has 0 spiro atoms. The monoisotopic (exact) mass is 441 g/mol. The Kier molecular flexibility index (Phi) is 7.26. The second-order valence-electron chi connectivity index (χ2n) is 8.33. The lowest BCUT2D eigenvalue weighted by Crippen LogP contribution is -2.38. The van der Waals surface area contributed by atoms with Gasteiger partial charge in [0.25, 0.3) is 0 Å². The van der Waals surface area contributed by atoms with E-state index in [1.54, 1.807) is 0 Å². The molecule has 1 aromatic rings. The number of methoxy groups -OCH3 is 1. The summed E-state index contributed by atoms with van der Waals surface area (Å²) in [5.41, 5.74) is 5.32. The van der Waals surface area contributed by atoms with Crippen molar-refractivity contribution >= 4 is 28.8 Å². The van der Waals surface area contributed by atoms with Crippen LogP contribution in [0.4, 0.5) is 0 Å². The quantitative estimate of drug-likeness (QED) is 0.626. The van der Waals surface area contributed by atoms with Gasteiger partial charge in [0.2, 0.25) is 5.91 Å². The van der Waals surface area contributed by atoms with Gasteiger partial charge in [0.1, 0.15) is 0 Å². The number of aryl methyl sites for hydroxylation is 2. The van der Waals surface area contributed by atoms with E-state index in [-0.39, 0.29) is 24.3 Å². The highest BCUT2D eigenvalue weighted by molar-refractivity contribution is 8.16. The van der Waals surface area contributed by atoms with E-state index in [1.165, 1.54) is 18.9 Å². The van der Waals surface area contributed by atoms with E-state index in [0.29, 0.717) is 24.5 Å². The van der Waals surface area contributed by atoms with Gasteiger partial charge in [-0.25, -0.2) is 9.79 Å². The Bertz CT molecular complexity index is 978. The maximum absolute atomic E-state index is 12.9. The van der Waals surface area contributed by atoms with Crippen molar-refractivity contribution in [3.63, 3.8) is 0 Å². The third-order valence-corrected chi connectivity index (χ3v) is 6.30. The number of amides is 1. The summed E-state index contributed by atoms with van der Waals surface area (Å²) in [6, 6.07) is 5.86. The fourth-order valence-corrected chi connectivity index (χ4v) is 4.74. The maximum atomic E-state index is 12.9. The number of benzene rings is 1. The summed E-state index contributed by atoms with van der Waals surface area (Å²) in [6.45, 7) is 10.8. The van der Waals surface area contributed by atoms with Crippen LogP contribution in [0.5, 0.6) is 0 Å². The van der Waals surface area contributed by atoms with Crippen molar-refractivity contribution in [3.8, 4) is 0 Å². The van der Waals surface area contributed by atoms with Crippen LogP contribution in [0.1, 0.15) is 56.3 Å². The second kappa shape index (κ2) is 9.73. The van der Waals surface area contributed by atoms with E-state index >= 15 is 0 Å². The normalized spacial score (nSPS) is 18.0. The van der Waals surface area contributed by atoms with E-state index in [0.717, 1.165) is 33.3 Å². The molecule has 0 bridgehead atoms. The number of amidine groups is 1. The number of esters is 1. The zero-order valence-electron chi connectivity index (χ0n) is 19.1. The number of nitrogens with one attached hydrogen (secondary N) is 1. The Labute approximate surface area is 188 Å². The predicted molar refractivity (Wildman–Crippen MR) is 125 cm³/mol. The lowest BCUT2D eigenvalue weighted by atomic mass is 9.89. The fourth-order valence-electron chi connectivity index (χ4n) is 3.81. The van der Waals surface area contributed by atoms with Crippen molar-refractivity contribution in [2.45, 2.75) is 53.5 Å². The van der Waals surface area contributed by atoms with Crippen molar-refractivity contribution in [1.29, 1.82) is 0 Å². The molecule has 0 saturated carbocycles. The van der Waals surface area contributed by atoms with Crippen LogP contribution in [0.15, 0.2) is 45.6 Å². The third-order valence-electron chi connectivity index (χ3n) is 5.41. The van der Waals surface area contributed by atoms with Crippen molar-refractivity contribution in [2.75, 3.05) is 13.7 Å². The number of rotatable bonds is 7. The topological polar surface area (TPSA) is 71.0 Å². The lowest BCUT2D eigenvalue weighted by molar-refractivity contribution is -0.136. The van der Waals surface area contributed by atoms with Crippen molar-refractivity contribution in [1.82, 2.24) is 10.2 Å². The van der Waals surface area contributed by atoms with E-state index in [1.807, 2.05) is 31.1 Å². The molecule has 0 unspecified atom stereocenters. The molecular weight excluding hydrogens is 410 g/mol. The first-order valence-corrected chi connectivity index (χ1v) is 11.5. The minimum absolute atomic E-state index is 0.0357. The van der Waals surface area contributed by atoms with Crippen LogP contribution in [0.25, 0.3) is 0 Å². The largest absolute Gasteiger partial charge is 0.466 e. The summed E-state index contributed by atoms with van der Waals surface area (Å²) in [6.07, 6.45) is 0.851. The van der Waals surface area contributed by atoms with Crippen LogP contribution in [0.3, 0.4) is 0 Å². The van der Waals surface area contributed by atoms with Crippen LogP contribution >= 0.6 is 11.8 Å². The molecule has 1 atom stereocenters. The van der Waals surface area contributed by atoms with Gasteiger partial charge in [-0.2, -0.15) is 0 Å². The van der Waals surface area contributed by atoms with Crippen LogP contribution in [0, 0.1) is 19.8 Å². The summed E-state index contributed by atoms with van der Waals surface area (Å²) in [7, 11) is 1.40. The van der Waals surface area contributed by atoms with Gasteiger partial charge in [-0.1, -0.05) is 56.3 Å². The Morgan fingerprint density at radius 3 is 2.68 bits per heavy atom. The number of carbonyl (C=O) groups is 2. The van der Waals surface area contributed by atoms with Gasteiger partial charge in [0.15, 0.2) is 5.17 Å². The standard InChI is InChI=1S/C24H31N3O3S/c1-7-19-21(23(29)30-6)22(18-10-15(4)8-9-16(18)5)27-17(13-31-24(27)26-19)11-20(28)25-12-14(2)3/h8-10,13-14,22H,7,11-12H2,1-6H3,(H,25,28)/t22-/m1/s1. The van der Waals surface area contributed by atoms with Gasteiger partial charge < -0.3 is 15.0 Å². The summed E-state index contributed by atoms with van der Waals surface area (Å²) < 4.78 is 5.18. The summed E-state index contributed by atoms with van der Waals surface area (Å²) in [5.74, 6) is -0.0378. The van der Waals surface area contributed by atoms with Gasteiger partial charge in [-0.3, -0.25) is 4.79 Å². The summed E-state index contributed by atoms with van der Waals surface area (Å²) in [4.78, 5) is 32.3. The Hall–Kier alpha value is -2.54. The first kappa shape index (κ1) is 23.1. The van der Waals surface area contributed by atoms with Crippen molar-refractivity contribution in [3.05, 3.63) is 57.3 Å². The third kappa shape index (κ3) is 4.87. The highest BCUT2D eigenvalue weighted by Gasteiger charge is 2.42. The number of thioether (sulfide) groups is 1. The summed E-state index contributed by atoms with van der Waals surface area (Å²) >= 11 is 1.50. The molecule has 2 heterocycles. The van der Waals surface area contributed by atoms with Gasteiger partial charge in [-0.15, -0.1) is 0 Å². The molecule has 0 fully saturated rings. The predicted octanol–water partition coefficient (Wildman–Crippen LogP) is 4.60. The molecule has 0 radical (unpaired) electrons. The van der Waals surface area contributed by atoms with Gasteiger partial charge in [0, 0.05) is 12.2 Å². The van der Waals surface area contributed by atoms with Crippen LogP contribution in [-0.4, -0.2) is 35.6 Å². The number of aliphatic imine (C=N–C) groups is 1. The maximum Gasteiger partial charge on any atom is 0.338 e. The zero-order valence-corrected chi connectivity index (χ0v) is 19.9. The first-order valence-electron chi connectivity index (χ1n) is 10.7. The lowest BCUT2D eigenvalue weighted by Gasteiger charge is -2.37. The molecule has 0 aliphatic carbocycles. The average Bonchev–Trinajstić information content (AvgIpc) is 3.14. The minimum Gasteiger partial charge on any atom is -0.466 e. The number of ether oxygens (including phenoxy) is 1. The molecule has 1 N–H and O–H groups in total. The number of carbonyl (C=O) groups excluding carboxylic acids is 2. The summed E-state index contributed by atoms with van der Waals surface area (Å²) in [5, 5.41) is 5.75. The second-order valence-corrected chi connectivity index (χ2v) is 9.17. The molecule has 6 nitrogen and oxygen atoms in total. The molecule has 166 valence electrons. The molecule has 1 aromatic carbocycles. The number of nitrogens with zero attached hydrogens (tertiary/aromatic N) is 2. The van der Waals surface area contributed by atoms with Crippen LogP contribution in [-0.2, 0) is 14.3 Å². The number of fused-ring (bicyclic) bond motifs is 1. The number of allylic oxidation sites excluding steroid dienone is 1. The average molecular weight is 442 g/mol. The van der Waals surface area contributed by atoms with Crippen molar-refractivity contribution < 1.29 is 14.3 Å². The minimum atomic E-state index is -0.383. The fraction of sp³-hybridized carbons (Fsp3) is 0.458. The molecule has 3 rings (SSSR count). The SMILES string of the molecule is CCC1=C(C(=O)OC)[C@@H](c2cc(C)ccc2C)N2C(CC(=O)NCC(C)C)=CSC2=N1. The molecule has 31 heavy (non-hydrogen) atoms. The van der Waals surface area contributed by atoms with E-state index in [4.69, 9.17) is 9.73 Å². The Morgan fingerprint density at radius 2 is 2.03 bits per heavy atom. The van der Waals surface area contributed by atoms with Gasteiger partial charge in [0.05, 0.1) is 30.8 Å². The highest BCUT2D eigenvalue weighted by Crippen LogP contribution is 2.46. The molecule has 2 aliphatic heterocycles. The first-order chi connectivity index (χ1) is 14.8. The number of hydrogen-bond acceptors (Lipinski definition) is 6. The molecule has 0 saturated heterocycles. The molecule has 7 heteroatoms. The molecule has 1 amide bonds. The van der Waals surface area contributed by atoms with E-state index < -0.39 is 0 Å². The molecule has 0 aromatic heterocycles. The van der Waals surface area contributed by atoms with Crippen molar-refractivity contribution in [2.24, 2.45) is 10.9 Å². The van der Waals surface area contributed by atoms with Gasteiger partial charge >= 0.3 is 5.97 Å². The molecule has 2 aliphatic rings. The molecular formula is C24H31N3O3S. The van der Waals surface area contributed by atoms with E-state index in [9.17, 15) is 9.59 Å².